The standard InChI is InChI=1S/C11H10BrClN2O/c1-6-3-8(12)10(4-9(6)13)15-11(16)7(2)5-14/h3-4,7H,1-2H3,(H,15,16). The Morgan fingerprint density at radius 2 is 2.25 bits per heavy atom. The molecule has 0 spiro atoms. The van der Waals surface area contributed by atoms with Gasteiger partial charge >= 0.3 is 0 Å². The Bertz CT molecular complexity index is 468. The molecule has 1 amide bonds. The van der Waals surface area contributed by atoms with Gasteiger partial charge in [-0.25, -0.2) is 0 Å². The van der Waals surface area contributed by atoms with Crippen molar-refractivity contribution < 1.29 is 4.79 Å². The Morgan fingerprint density at radius 3 is 2.81 bits per heavy atom. The number of hydrogen-bond acceptors (Lipinski definition) is 2. The van der Waals surface area contributed by atoms with Crippen LogP contribution in [-0.4, -0.2) is 5.91 Å². The van der Waals surface area contributed by atoms with E-state index in [4.69, 9.17) is 16.9 Å². The highest BCUT2D eigenvalue weighted by atomic mass is 79.9. The Labute approximate surface area is 108 Å². The molecule has 0 aromatic heterocycles. The fourth-order valence-electron chi connectivity index (χ4n) is 1.04. The molecule has 84 valence electrons. The SMILES string of the molecule is Cc1cc(Br)c(NC(=O)C(C)C#N)cc1Cl. The van der Waals surface area contributed by atoms with E-state index in [1.807, 2.05) is 19.1 Å². The van der Waals surface area contributed by atoms with Crippen molar-refractivity contribution in [2.45, 2.75) is 13.8 Å². The molecule has 0 aliphatic heterocycles. The van der Waals surface area contributed by atoms with Crippen molar-refractivity contribution in [3.63, 3.8) is 0 Å². The molecule has 16 heavy (non-hydrogen) atoms. The molecule has 1 aromatic carbocycles. The Hall–Kier alpha value is -1.05. The highest BCUT2D eigenvalue weighted by molar-refractivity contribution is 9.10. The lowest BCUT2D eigenvalue weighted by molar-refractivity contribution is -0.117. The first-order chi connectivity index (χ1) is 7.45. The number of anilines is 1. The molecule has 1 N–H and O–H groups in total. The van der Waals surface area contributed by atoms with Crippen LogP contribution in [0.1, 0.15) is 12.5 Å². The molecule has 1 rings (SSSR count). The molecular weight excluding hydrogens is 291 g/mol. The van der Waals surface area contributed by atoms with Crippen LogP contribution in [0.15, 0.2) is 16.6 Å². The molecule has 3 nitrogen and oxygen atoms in total. The van der Waals surface area contributed by atoms with Gasteiger partial charge in [0.05, 0.1) is 11.8 Å². The number of carbonyl (C=O) groups excluding carboxylic acids is 1. The lowest BCUT2D eigenvalue weighted by Gasteiger charge is -2.10. The zero-order valence-corrected chi connectivity index (χ0v) is 11.2. The minimum atomic E-state index is -0.688. The minimum Gasteiger partial charge on any atom is -0.324 e. The molecule has 1 atom stereocenters. The van der Waals surface area contributed by atoms with E-state index in [0.29, 0.717) is 10.7 Å². The van der Waals surface area contributed by atoms with Gasteiger partial charge in [0, 0.05) is 9.50 Å². The van der Waals surface area contributed by atoms with Gasteiger partial charge < -0.3 is 5.32 Å². The fraction of sp³-hybridized carbons (Fsp3) is 0.273. The zero-order chi connectivity index (χ0) is 12.3. The van der Waals surface area contributed by atoms with Gasteiger partial charge in [-0.3, -0.25) is 4.79 Å². The van der Waals surface area contributed by atoms with E-state index < -0.39 is 5.92 Å². The number of amides is 1. The van der Waals surface area contributed by atoms with Crippen LogP contribution in [0.25, 0.3) is 0 Å². The van der Waals surface area contributed by atoms with Gasteiger partial charge in [-0.05, 0) is 47.5 Å². The molecule has 5 heteroatoms. The normalized spacial score (nSPS) is 11.7. The Morgan fingerprint density at radius 1 is 1.62 bits per heavy atom. The summed E-state index contributed by atoms with van der Waals surface area (Å²) in [6.45, 7) is 3.41. The van der Waals surface area contributed by atoms with Crippen molar-refractivity contribution in [3.8, 4) is 6.07 Å². The maximum Gasteiger partial charge on any atom is 0.241 e. The number of rotatable bonds is 2. The van der Waals surface area contributed by atoms with Gasteiger partial charge in [-0.1, -0.05) is 11.6 Å². The molecule has 1 aromatic rings. The van der Waals surface area contributed by atoms with E-state index in [0.717, 1.165) is 10.0 Å². The van der Waals surface area contributed by atoms with E-state index in [9.17, 15) is 4.79 Å². The monoisotopic (exact) mass is 300 g/mol. The van der Waals surface area contributed by atoms with Gasteiger partial charge in [0.1, 0.15) is 5.92 Å². The minimum absolute atomic E-state index is 0.344. The molecule has 0 aliphatic carbocycles. The van der Waals surface area contributed by atoms with Gasteiger partial charge in [-0.15, -0.1) is 0 Å². The number of hydrogen-bond donors (Lipinski definition) is 1. The summed E-state index contributed by atoms with van der Waals surface area (Å²) in [4.78, 5) is 11.5. The number of nitrogens with zero attached hydrogens (tertiary/aromatic N) is 1. The van der Waals surface area contributed by atoms with Crippen molar-refractivity contribution in [2.24, 2.45) is 5.92 Å². The summed E-state index contributed by atoms with van der Waals surface area (Å²) in [6, 6.07) is 5.34. The van der Waals surface area contributed by atoms with Crippen LogP contribution in [0, 0.1) is 24.2 Å². The fourth-order valence-corrected chi connectivity index (χ4v) is 1.76. The summed E-state index contributed by atoms with van der Waals surface area (Å²) in [6.07, 6.45) is 0. The summed E-state index contributed by atoms with van der Waals surface area (Å²) in [5, 5.41) is 11.8. The van der Waals surface area contributed by atoms with Crippen molar-refractivity contribution in [1.82, 2.24) is 0 Å². The number of nitriles is 1. The highest BCUT2D eigenvalue weighted by Gasteiger charge is 2.13. The average molecular weight is 302 g/mol. The zero-order valence-electron chi connectivity index (χ0n) is 8.84. The van der Waals surface area contributed by atoms with Crippen LogP contribution < -0.4 is 5.32 Å². The summed E-state index contributed by atoms with van der Waals surface area (Å²) < 4.78 is 0.743. The molecule has 0 saturated heterocycles. The third kappa shape index (κ3) is 2.97. The molecular formula is C11H10BrClN2O. The average Bonchev–Trinajstić information content (AvgIpc) is 2.24. The Kier molecular flexibility index (Phi) is 4.34. The van der Waals surface area contributed by atoms with Gasteiger partial charge in [-0.2, -0.15) is 5.26 Å². The lowest BCUT2D eigenvalue weighted by Crippen LogP contribution is -2.19. The van der Waals surface area contributed by atoms with Crippen LogP contribution >= 0.6 is 27.5 Å². The number of nitrogens with one attached hydrogen (secondary N) is 1. The second-order valence-electron chi connectivity index (χ2n) is 3.42. The van der Waals surface area contributed by atoms with Crippen molar-refractivity contribution in [2.75, 3.05) is 5.32 Å². The van der Waals surface area contributed by atoms with Crippen molar-refractivity contribution in [1.29, 1.82) is 5.26 Å². The second-order valence-corrected chi connectivity index (χ2v) is 4.68. The van der Waals surface area contributed by atoms with Crippen LogP contribution in [0.5, 0.6) is 0 Å². The number of halogens is 2. The highest BCUT2D eigenvalue weighted by Crippen LogP contribution is 2.29. The summed E-state index contributed by atoms with van der Waals surface area (Å²) in [5.74, 6) is -1.03. The predicted octanol–water partition coefficient (Wildman–Crippen LogP) is 3.51. The first kappa shape index (κ1) is 13.0. The van der Waals surface area contributed by atoms with Crippen molar-refractivity contribution in [3.05, 3.63) is 27.2 Å². The molecule has 0 saturated carbocycles. The maximum atomic E-state index is 11.5. The first-order valence-electron chi connectivity index (χ1n) is 4.62. The van der Waals surface area contributed by atoms with Crippen LogP contribution in [-0.2, 0) is 4.79 Å². The van der Waals surface area contributed by atoms with Crippen molar-refractivity contribution >= 4 is 39.1 Å². The maximum absolute atomic E-state index is 11.5. The van der Waals surface area contributed by atoms with E-state index in [1.54, 1.807) is 13.0 Å². The first-order valence-corrected chi connectivity index (χ1v) is 5.79. The third-order valence-electron chi connectivity index (χ3n) is 2.09. The van der Waals surface area contributed by atoms with Gasteiger partial charge in [0.25, 0.3) is 0 Å². The number of carbonyl (C=O) groups is 1. The van der Waals surface area contributed by atoms with Crippen LogP contribution in [0.3, 0.4) is 0 Å². The predicted molar refractivity (Wildman–Crippen MR) is 67.3 cm³/mol. The summed E-state index contributed by atoms with van der Waals surface area (Å²) >= 11 is 9.27. The van der Waals surface area contributed by atoms with E-state index in [1.165, 1.54) is 0 Å². The second kappa shape index (κ2) is 5.33. The summed E-state index contributed by atoms with van der Waals surface area (Å²) in [7, 11) is 0. The number of benzene rings is 1. The van der Waals surface area contributed by atoms with Crippen LogP contribution in [0.4, 0.5) is 5.69 Å². The number of aryl methyl sites for hydroxylation is 1. The lowest BCUT2D eigenvalue weighted by atomic mass is 10.2. The molecule has 0 heterocycles. The van der Waals surface area contributed by atoms with E-state index in [2.05, 4.69) is 21.2 Å². The smallest absolute Gasteiger partial charge is 0.241 e. The molecule has 0 aliphatic rings. The Balaban J connectivity index is 2.95. The molecule has 0 bridgehead atoms. The molecule has 1 unspecified atom stereocenters. The van der Waals surface area contributed by atoms with Crippen LogP contribution in [0.2, 0.25) is 5.02 Å². The van der Waals surface area contributed by atoms with E-state index in [-0.39, 0.29) is 5.91 Å². The molecule has 0 radical (unpaired) electrons. The molecule has 0 fully saturated rings. The van der Waals surface area contributed by atoms with Gasteiger partial charge in [0.2, 0.25) is 5.91 Å². The summed E-state index contributed by atoms with van der Waals surface area (Å²) in [5.41, 5.74) is 1.49. The topological polar surface area (TPSA) is 52.9 Å². The quantitative estimate of drug-likeness (QED) is 0.909. The van der Waals surface area contributed by atoms with E-state index >= 15 is 0 Å². The third-order valence-corrected chi connectivity index (χ3v) is 3.16. The van der Waals surface area contributed by atoms with Gasteiger partial charge in [0.15, 0.2) is 0 Å². The largest absolute Gasteiger partial charge is 0.324 e.